The molecule has 0 spiro atoms. The monoisotopic (exact) mass is 436 g/mol. The van der Waals surface area contributed by atoms with Gasteiger partial charge >= 0.3 is 5.97 Å². The van der Waals surface area contributed by atoms with Crippen molar-refractivity contribution in [2.45, 2.75) is 45.6 Å². The number of hydrogen-bond donors (Lipinski definition) is 3. The minimum Gasteiger partial charge on any atom is -0.481 e. The molecule has 3 unspecified atom stereocenters. The molecule has 0 saturated carbocycles. The van der Waals surface area contributed by atoms with Gasteiger partial charge in [-0.05, 0) is 40.8 Å². The molecule has 6 heteroatoms. The van der Waals surface area contributed by atoms with Crippen molar-refractivity contribution in [1.29, 1.82) is 0 Å². The zero-order valence-corrected chi connectivity index (χ0v) is 18.6. The minimum atomic E-state index is -0.890. The van der Waals surface area contributed by atoms with E-state index in [4.69, 9.17) is 4.74 Å². The molecule has 0 aliphatic heterocycles. The summed E-state index contributed by atoms with van der Waals surface area (Å²) in [5.74, 6) is -1.59. The predicted molar refractivity (Wildman–Crippen MR) is 125 cm³/mol. The lowest BCUT2D eigenvalue weighted by molar-refractivity contribution is -0.144. The molecule has 0 amide bonds. The molecule has 170 valence electrons. The van der Waals surface area contributed by atoms with Crippen LogP contribution < -0.4 is 5.32 Å². The highest BCUT2D eigenvalue weighted by atomic mass is 16.5. The first-order valence-electron chi connectivity index (χ1n) is 11.0. The van der Waals surface area contributed by atoms with Crippen molar-refractivity contribution in [1.82, 2.24) is 10.3 Å². The second-order valence-corrected chi connectivity index (χ2v) is 8.45. The van der Waals surface area contributed by atoms with Crippen LogP contribution in [0.2, 0.25) is 0 Å². The van der Waals surface area contributed by atoms with Crippen LogP contribution in [0.15, 0.2) is 66.9 Å². The number of aliphatic hydroxyl groups excluding tert-OH is 1. The fraction of sp³-hybridized carbons (Fsp3) is 0.385. The van der Waals surface area contributed by atoms with Crippen LogP contribution in [-0.2, 0) is 22.7 Å². The van der Waals surface area contributed by atoms with Gasteiger partial charge in [0, 0.05) is 12.7 Å². The third-order valence-electron chi connectivity index (χ3n) is 5.79. The zero-order chi connectivity index (χ0) is 22.9. The van der Waals surface area contributed by atoms with E-state index in [1.165, 1.54) is 0 Å². The summed E-state index contributed by atoms with van der Waals surface area (Å²) in [5, 5.41) is 26.0. The number of rotatable bonds is 12. The summed E-state index contributed by atoms with van der Waals surface area (Å²) in [7, 11) is 0. The van der Waals surface area contributed by atoms with Gasteiger partial charge in [0.15, 0.2) is 0 Å². The van der Waals surface area contributed by atoms with E-state index in [1.54, 1.807) is 6.20 Å². The number of nitrogens with one attached hydrogen (secondary N) is 1. The van der Waals surface area contributed by atoms with Crippen LogP contribution in [0.3, 0.4) is 0 Å². The molecule has 2 aromatic carbocycles. The highest BCUT2D eigenvalue weighted by Gasteiger charge is 2.29. The van der Waals surface area contributed by atoms with Crippen LogP contribution in [0.25, 0.3) is 10.8 Å². The summed E-state index contributed by atoms with van der Waals surface area (Å²) in [4.78, 5) is 15.9. The lowest BCUT2D eigenvalue weighted by atomic mass is 9.88. The molecule has 0 radical (unpaired) electrons. The largest absolute Gasteiger partial charge is 0.481 e. The van der Waals surface area contributed by atoms with E-state index in [2.05, 4.69) is 28.5 Å². The number of hydrogen-bond acceptors (Lipinski definition) is 5. The summed E-state index contributed by atoms with van der Waals surface area (Å²) in [6.07, 6.45) is 1.01. The Hall–Kier alpha value is -2.80. The Morgan fingerprint density at radius 2 is 1.81 bits per heavy atom. The Balaban J connectivity index is 1.67. The first kappa shape index (κ1) is 23.9. The van der Waals surface area contributed by atoms with E-state index < -0.39 is 24.0 Å². The summed E-state index contributed by atoms with van der Waals surface area (Å²) < 4.78 is 6.01. The van der Waals surface area contributed by atoms with Crippen molar-refractivity contribution in [2.75, 3.05) is 6.61 Å². The number of benzene rings is 2. The number of pyridine rings is 1. The third kappa shape index (κ3) is 6.60. The van der Waals surface area contributed by atoms with Gasteiger partial charge in [-0.2, -0.15) is 0 Å². The van der Waals surface area contributed by atoms with E-state index in [9.17, 15) is 15.0 Å². The first-order valence-corrected chi connectivity index (χ1v) is 11.0. The lowest BCUT2D eigenvalue weighted by Gasteiger charge is -2.27. The lowest BCUT2D eigenvalue weighted by Crippen LogP contribution is -2.45. The molecule has 3 aromatic rings. The maximum absolute atomic E-state index is 11.6. The van der Waals surface area contributed by atoms with Gasteiger partial charge < -0.3 is 20.3 Å². The fourth-order valence-corrected chi connectivity index (χ4v) is 3.84. The second kappa shape index (κ2) is 11.7. The topological polar surface area (TPSA) is 91.7 Å². The number of ether oxygens (including phenoxy) is 1. The van der Waals surface area contributed by atoms with Crippen molar-refractivity contribution < 1.29 is 19.7 Å². The molecule has 1 heterocycles. The van der Waals surface area contributed by atoms with Crippen LogP contribution in [0.5, 0.6) is 0 Å². The number of aliphatic hydroxyl groups is 1. The molecule has 3 N–H and O–H groups in total. The maximum Gasteiger partial charge on any atom is 0.306 e. The maximum atomic E-state index is 11.6. The summed E-state index contributed by atoms with van der Waals surface area (Å²) in [5.41, 5.74) is 1.92. The average Bonchev–Trinajstić information content (AvgIpc) is 2.79. The van der Waals surface area contributed by atoms with Crippen LogP contribution in [-0.4, -0.2) is 39.9 Å². The van der Waals surface area contributed by atoms with Crippen molar-refractivity contribution >= 4 is 16.7 Å². The average molecular weight is 437 g/mol. The summed E-state index contributed by atoms with van der Waals surface area (Å²) in [6, 6.07) is 19.5. The standard InChI is InChI=1S/C26H32N2O4/c1-18(2)23(26(30)31)14-25(29)24(28-15-21-11-5-6-13-27-21)17-32-16-20-10-7-9-19-8-3-4-12-22(19)20/h3-13,18,23-25,28-29H,14-17H2,1-2H3,(H,30,31). The number of carboxylic acid groups (broad SMARTS) is 1. The van der Waals surface area contributed by atoms with Crippen LogP contribution in [0, 0.1) is 11.8 Å². The quantitative estimate of drug-likeness (QED) is 0.397. The highest BCUT2D eigenvalue weighted by Crippen LogP contribution is 2.21. The van der Waals surface area contributed by atoms with Crippen molar-refractivity contribution in [3.8, 4) is 0 Å². The molecular formula is C26H32N2O4. The highest BCUT2D eigenvalue weighted by molar-refractivity contribution is 5.85. The van der Waals surface area contributed by atoms with E-state index in [1.807, 2.05) is 56.3 Å². The Kier molecular flexibility index (Phi) is 8.73. The Morgan fingerprint density at radius 3 is 2.53 bits per heavy atom. The molecule has 0 aliphatic carbocycles. The Bertz CT molecular complexity index is 988. The van der Waals surface area contributed by atoms with Gasteiger partial charge in [0.2, 0.25) is 0 Å². The van der Waals surface area contributed by atoms with Gasteiger partial charge in [-0.3, -0.25) is 9.78 Å². The van der Waals surface area contributed by atoms with Crippen LogP contribution >= 0.6 is 0 Å². The Labute approximate surface area is 189 Å². The fourth-order valence-electron chi connectivity index (χ4n) is 3.84. The van der Waals surface area contributed by atoms with Crippen molar-refractivity contribution in [2.24, 2.45) is 11.8 Å². The Morgan fingerprint density at radius 1 is 1.06 bits per heavy atom. The van der Waals surface area contributed by atoms with Gasteiger partial charge in [0.1, 0.15) is 0 Å². The number of nitrogens with zero attached hydrogens (tertiary/aromatic N) is 1. The van der Waals surface area contributed by atoms with E-state index in [0.717, 1.165) is 22.0 Å². The number of aliphatic carboxylic acids is 1. The minimum absolute atomic E-state index is 0.0739. The summed E-state index contributed by atoms with van der Waals surface area (Å²) >= 11 is 0. The molecule has 3 atom stereocenters. The second-order valence-electron chi connectivity index (χ2n) is 8.45. The smallest absolute Gasteiger partial charge is 0.306 e. The number of carboxylic acids is 1. The molecule has 1 aromatic heterocycles. The molecule has 0 saturated heterocycles. The molecule has 6 nitrogen and oxygen atoms in total. The summed E-state index contributed by atoms with van der Waals surface area (Å²) in [6.45, 7) is 4.83. The number of fused-ring (bicyclic) bond motifs is 1. The van der Waals surface area contributed by atoms with Gasteiger partial charge in [0.05, 0.1) is 37.0 Å². The van der Waals surface area contributed by atoms with Gasteiger partial charge in [0.25, 0.3) is 0 Å². The molecule has 0 fully saturated rings. The molecule has 0 aliphatic rings. The van der Waals surface area contributed by atoms with Gasteiger partial charge in [-0.15, -0.1) is 0 Å². The van der Waals surface area contributed by atoms with Crippen LogP contribution in [0.4, 0.5) is 0 Å². The van der Waals surface area contributed by atoms with Crippen LogP contribution in [0.1, 0.15) is 31.5 Å². The molecule has 3 rings (SSSR count). The van der Waals surface area contributed by atoms with E-state index in [-0.39, 0.29) is 18.9 Å². The molecule has 32 heavy (non-hydrogen) atoms. The number of aromatic nitrogens is 1. The SMILES string of the molecule is CC(C)C(CC(O)C(COCc1cccc2ccccc12)NCc1ccccn1)C(=O)O. The molecule has 0 bridgehead atoms. The zero-order valence-electron chi connectivity index (χ0n) is 18.6. The van der Waals surface area contributed by atoms with Gasteiger partial charge in [-0.25, -0.2) is 0 Å². The predicted octanol–water partition coefficient (Wildman–Crippen LogP) is 4.02. The third-order valence-corrected chi connectivity index (χ3v) is 5.79. The molecular weight excluding hydrogens is 404 g/mol. The van der Waals surface area contributed by atoms with E-state index >= 15 is 0 Å². The first-order chi connectivity index (χ1) is 15.5. The van der Waals surface area contributed by atoms with Gasteiger partial charge in [-0.1, -0.05) is 62.4 Å². The van der Waals surface area contributed by atoms with Crippen molar-refractivity contribution in [3.05, 3.63) is 78.1 Å². The number of carbonyl (C=O) groups is 1. The van der Waals surface area contributed by atoms with Crippen molar-refractivity contribution in [3.63, 3.8) is 0 Å². The normalized spacial score (nSPS) is 14.4. The van der Waals surface area contributed by atoms with E-state index in [0.29, 0.717) is 13.2 Å².